The van der Waals surface area contributed by atoms with Gasteiger partial charge in [-0.3, -0.25) is 9.59 Å². The largest absolute Gasteiger partial charge is 0.368 e. The second-order valence-corrected chi connectivity index (χ2v) is 7.10. The first kappa shape index (κ1) is 19.9. The van der Waals surface area contributed by atoms with E-state index in [0.29, 0.717) is 31.0 Å². The normalized spacial score (nSPS) is 14.1. The minimum absolute atomic E-state index is 0.112. The van der Waals surface area contributed by atoms with Crippen LogP contribution >= 0.6 is 0 Å². The number of benzene rings is 1. The van der Waals surface area contributed by atoms with Crippen LogP contribution in [0.25, 0.3) is 0 Å². The molecule has 0 radical (unpaired) electrons. The van der Waals surface area contributed by atoms with Gasteiger partial charge in [0.1, 0.15) is 11.4 Å². The molecule has 0 saturated carbocycles. The van der Waals surface area contributed by atoms with Gasteiger partial charge in [-0.2, -0.15) is 0 Å². The highest BCUT2D eigenvalue weighted by atomic mass is 16.2. The number of carbonyl (C=O) groups is 2. The van der Waals surface area contributed by atoms with Crippen molar-refractivity contribution < 1.29 is 9.59 Å². The highest BCUT2D eigenvalue weighted by Crippen LogP contribution is 2.16. The summed E-state index contributed by atoms with van der Waals surface area (Å²) >= 11 is 0. The Morgan fingerprint density at radius 2 is 1.64 bits per heavy atom. The Morgan fingerprint density at radius 3 is 2.32 bits per heavy atom. The van der Waals surface area contributed by atoms with Crippen LogP contribution in [-0.2, 0) is 0 Å². The number of carbonyl (C=O) groups excluding carboxylic acids is 2. The number of hydrogen-bond acceptors (Lipinski definition) is 4. The summed E-state index contributed by atoms with van der Waals surface area (Å²) in [5, 5.41) is 0. The lowest BCUT2D eigenvalue weighted by Gasteiger charge is -2.36. The molecular formula is C22H28N4O2. The molecule has 0 unspecified atom stereocenters. The van der Waals surface area contributed by atoms with Crippen molar-refractivity contribution >= 4 is 17.5 Å². The lowest BCUT2D eigenvalue weighted by atomic mass is 10.2. The van der Waals surface area contributed by atoms with Gasteiger partial charge in [0.25, 0.3) is 11.8 Å². The van der Waals surface area contributed by atoms with E-state index in [9.17, 15) is 9.59 Å². The van der Waals surface area contributed by atoms with Gasteiger partial charge in [-0.15, -0.1) is 0 Å². The van der Waals surface area contributed by atoms with Crippen molar-refractivity contribution in [2.75, 3.05) is 44.7 Å². The SMILES string of the molecule is CCCCN(C)C(=O)c1cccc(C(=O)N2CCN(c3ccccc3)CC2)n1. The lowest BCUT2D eigenvalue weighted by molar-refractivity contribution is 0.0739. The van der Waals surface area contributed by atoms with Gasteiger partial charge in [-0.1, -0.05) is 37.6 Å². The van der Waals surface area contributed by atoms with Crippen molar-refractivity contribution in [3.8, 4) is 0 Å². The molecule has 2 heterocycles. The molecule has 28 heavy (non-hydrogen) atoms. The molecule has 0 bridgehead atoms. The number of anilines is 1. The Kier molecular flexibility index (Phi) is 6.63. The first-order chi connectivity index (χ1) is 13.6. The summed E-state index contributed by atoms with van der Waals surface area (Å²) in [5.41, 5.74) is 1.84. The monoisotopic (exact) mass is 380 g/mol. The van der Waals surface area contributed by atoms with Gasteiger partial charge < -0.3 is 14.7 Å². The Balaban J connectivity index is 1.63. The van der Waals surface area contributed by atoms with E-state index in [-0.39, 0.29) is 11.8 Å². The summed E-state index contributed by atoms with van der Waals surface area (Å²) in [7, 11) is 1.77. The molecule has 3 rings (SSSR count). The Morgan fingerprint density at radius 1 is 0.964 bits per heavy atom. The summed E-state index contributed by atoms with van der Waals surface area (Å²) < 4.78 is 0. The molecule has 1 aliphatic heterocycles. The highest BCUT2D eigenvalue weighted by Gasteiger charge is 2.24. The van der Waals surface area contributed by atoms with Gasteiger partial charge in [0.2, 0.25) is 0 Å². The molecule has 0 aliphatic carbocycles. The summed E-state index contributed by atoms with van der Waals surface area (Å²) in [6.45, 7) is 5.64. The molecule has 0 spiro atoms. The molecule has 2 aromatic rings. The van der Waals surface area contributed by atoms with Crippen molar-refractivity contribution in [3.05, 3.63) is 59.9 Å². The molecule has 2 amide bonds. The summed E-state index contributed by atoms with van der Waals surface area (Å²) in [6.07, 6.45) is 1.98. The molecule has 0 atom stereocenters. The number of aromatic nitrogens is 1. The fourth-order valence-electron chi connectivity index (χ4n) is 3.33. The van der Waals surface area contributed by atoms with E-state index >= 15 is 0 Å². The predicted molar refractivity (Wildman–Crippen MR) is 111 cm³/mol. The van der Waals surface area contributed by atoms with Gasteiger partial charge in [0, 0.05) is 45.5 Å². The van der Waals surface area contributed by atoms with Crippen LogP contribution in [0.15, 0.2) is 48.5 Å². The van der Waals surface area contributed by atoms with Gasteiger partial charge in [-0.25, -0.2) is 4.98 Å². The van der Waals surface area contributed by atoms with Crippen molar-refractivity contribution in [1.29, 1.82) is 0 Å². The number of hydrogen-bond donors (Lipinski definition) is 0. The Labute approximate surface area is 166 Å². The van der Waals surface area contributed by atoms with E-state index in [1.807, 2.05) is 23.1 Å². The Bertz CT molecular complexity index is 801. The van der Waals surface area contributed by atoms with Crippen LogP contribution in [0, 0.1) is 0 Å². The van der Waals surface area contributed by atoms with Gasteiger partial charge in [0.15, 0.2) is 0 Å². The van der Waals surface area contributed by atoms with E-state index < -0.39 is 0 Å². The molecule has 6 heteroatoms. The molecule has 6 nitrogen and oxygen atoms in total. The smallest absolute Gasteiger partial charge is 0.272 e. The number of pyridine rings is 1. The maximum atomic E-state index is 12.9. The van der Waals surface area contributed by atoms with Crippen LogP contribution in [0.3, 0.4) is 0 Å². The van der Waals surface area contributed by atoms with Crippen molar-refractivity contribution in [3.63, 3.8) is 0 Å². The maximum absolute atomic E-state index is 12.9. The molecule has 1 aromatic heterocycles. The van der Waals surface area contributed by atoms with Crippen molar-refractivity contribution in [2.45, 2.75) is 19.8 Å². The zero-order valence-corrected chi connectivity index (χ0v) is 16.7. The lowest BCUT2D eigenvalue weighted by Crippen LogP contribution is -2.49. The van der Waals surface area contributed by atoms with E-state index in [4.69, 9.17) is 0 Å². The van der Waals surface area contributed by atoms with Crippen LogP contribution in [0.2, 0.25) is 0 Å². The number of nitrogens with zero attached hydrogens (tertiary/aromatic N) is 4. The number of piperazine rings is 1. The highest BCUT2D eigenvalue weighted by molar-refractivity contribution is 5.96. The van der Waals surface area contributed by atoms with Crippen LogP contribution < -0.4 is 4.90 Å². The van der Waals surface area contributed by atoms with Gasteiger partial charge in [0.05, 0.1) is 0 Å². The molecule has 1 aromatic carbocycles. The third-order valence-electron chi connectivity index (χ3n) is 5.07. The zero-order valence-electron chi connectivity index (χ0n) is 16.7. The summed E-state index contributed by atoms with van der Waals surface area (Å²) in [6, 6.07) is 15.3. The second-order valence-electron chi connectivity index (χ2n) is 7.10. The number of para-hydroxylation sites is 1. The molecule has 1 aliphatic rings. The number of amides is 2. The topological polar surface area (TPSA) is 56.8 Å². The third kappa shape index (κ3) is 4.68. The van der Waals surface area contributed by atoms with E-state index in [1.165, 1.54) is 5.69 Å². The number of rotatable bonds is 6. The maximum Gasteiger partial charge on any atom is 0.272 e. The van der Waals surface area contributed by atoms with Gasteiger partial charge in [-0.05, 0) is 30.7 Å². The van der Waals surface area contributed by atoms with Crippen molar-refractivity contribution in [2.24, 2.45) is 0 Å². The summed E-state index contributed by atoms with van der Waals surface area (Å²) in [4.78, 5) is 35.5. The fourth-order valence-corrected chi connectivity index (χ4v) is 3.33. The first-order valence-corrected chi connectivity index (χ1v) is 9.92. The minimum atomic E-state index is -0.142. The standard InChI is InChI=1S/C22H28N4O2/c1-3-4-13-24(2)21(27)19-11-8-12-20(23-19)22(28)26-16-14-25(15-17-26)18-9-6-5-7-10-18/h5-12H,3-4,13-17H2,1-2H3. The van der Waals surface area contributed by atoms with E-state index in [1.54, 1.807) is 30.1 Å². The van der Waals surface area contributed by atoms with Crippen LogP contribution in [0.1, 0.15) is 40.7 Å². The molecular weight excluding hydrogens is 352 g/mol. The molecule has 0 N–H and O–H groups in total. The predicted octanol–water partition coefficient (Wildman–Crippen LogP) is 2.92. The average molecular weight is 380 g/mol. The minimum Gasteiger partial charge on any atom is -0.368 e. The fraction of sp³-hybridized carbons (Fsp3) is 0.409. The average Bonchev–Trinajstić information content (AvgIpc) is 2.77. The zero-order chi connectivity index (χ0) is 19.9. The second kappa shape index (κ2) is 9.35. The van der Waals surface area contributed by atoms with Gasteiger partial charge >= 0.3 is 0 Å². The van der Waals surface area contributed by atoms with Crippen LogP contribution in [-0.4, -0.2) is 66.4 Å². The van der Waals surface area contributed by atoms with Crippen LogP contribution in [0.5, 0.6) is 0 Å². The first-order valence-electron chi connectivity index (χ1n) is 9.92. The van der Waals surface area contributed by atoms with E-state index in [2.05, 4.69) is 28.9 Å². The number of unbranched alkanes of at least 4 members (excludes halogenated alkanes) is 1. The van der Waals surface area contributed by atoms with E-state index in [0.717, 1.165) is 25.9 Å². The quantitative estimate of drug-likeness (QED) is 0.773. The molecule has 1 fully saturated rings. The van der Waals surface area contributed by atoms with Crippen molar-refractivity contribution in [1.82, 2.24) is 14.8 Å². The molecule has 1 saturated heterocycles. The van der Waals surface area contributed by atoms with Crippen LogP contribution in [0.4, 0.5) is 5.69 Å². The Hall–Kier alpha value is -2.89. The molecule has 148 valence electrons. The third-order valence-corrected chi connectivity index (χ3v) is 5.07. The summed E-state index contributed by atoms with van der Waals surface area (Å²) in [5.74, 6) is -0.254.